The monoisotopic (exact) mass is 430 g/mol. The lowest BCUT2D eigenvalue weighted by Gasteiger charge is -2.07. The van der Waals surface area contributed by atoms with Crippen molar-refractivity contribution in [2.75, 3.05) is 5.32 Å². The van der Waals surface area contributed by atoms with E-state index in [1.165, 1.54) is 11.3 Å². The molecular formula is C20H16Cl2N4OS. The standard InChI is InChI=1S/C20H16Cl2N4OS/c1-12-18(19(27)26(25(12)2)14-6-4-3-5-7-14)24-20-23-17(11-28-20)15-9-8-13(21)10-16(15)22/h3-11H,1-2H3,(H,23,24). The Kier molecular flexibility index (Phi) is 5.02. The van der Waals surface area contributed by atoms with Crippen LogP contribution in [0.5, 0.6) is 0 Å². The van der Waals surface area contributed by atoms with E-state index >= 15 is 0 Å². The van der Waals surface area contributed by atoms with Gasteiger partial charge in [0.1, 0.15) is 5.69 Å². The predicted octanol–water partition coefficient (Wildman–Crippen LogP) is 5.66. The molecule has 2 aromatic carbocycles. The lowest BCUT2D eigenvalue weighted by molar-refractivity contribution is 0.630. The summed E-state index contributed by atoms with van der Waals surface area (Å²) in [6.07, 6.45) is 0. The zero-order valence-electron chi connectivity index (χ0n) is 15.1. The summed E-state index contributed by atoms with van der Waals surface area (Å²) in [6.45, 7) is 1.90. The molecule has 4 rings (SSSR count). The van der Waals surface area contributed by atoms with Crippen molar-refractivity contribution in [1.82, 2.24) is 14.3 Å². The number of para-hydroxylation sites is 1. The average molecular weight is 431 g/mol. The molecule has 0 unspecified atom stereocenters. The van der Waals surface area contributed by atoms with Crippen LogP contribution in [0.25, 0.3) is 16.9 Å². The molecule has 0 saturated heterocycles. The van der Waals surface area contributed by atoms with Gasteiger partial charge in [0.05, 0.1) is 22.1 Å². The first-order valence-corrected chi connectivity index (χ1v) is 10.1. The fraction of sp³-hybridized carbons (Fsp3) is 0.100. The molecule has 1 N–H and O–H groups in total. The molecule has 0 radical (unpaired) electrons. The van der Waals surface area contributed by atoms with Gasteiger partial charge in [0, 0.05) is 23.0 Å². The van der Waals surface area contributed by atoms with Crippen LogP contribution in [-0.4, -0.2) is 14.3 Å². The minimum Gasteiger partial charge on any atom is -0.325 e. The van der Waals surface area contributed by atoms with E-state index in [0.717, 1.165) is 22.6 Å². The van der Waals surface area contributed by atoms with Crippen LogP contribution in [0.15, 0.2) is 58.7 Å². The second-order valence-electron chi connectivity index (χ2n) is 6.22. The van der Waals surface area contributed by atoms with E-state index < -0.39 is 0 Å². The number of benzene rings is 2. The quantitative estimate of drug-likeness (QED) is 0.454. The number of aromatic nitrogens is 3. The molecule has 28 heavy (non-hydrogen) atoms. The molecule has 2 heterocycles. The lowest BCUT2D eigenvalue weighted by atomic mass is 10.2. The van der Waals surface area contributed by atoms with Crippen molar-refractivity contribution < 1.29 is 0 Å². The van der Waals surface area contributed by atoms with Gasteiger partial charge in [-0.2, -0.15) is 0 Å². The predicted molar refractivity (Wildman–Crippen MR) is 117 cm³/mol. The molecule has 0 amide bonds. The maximum Gasteiger partial charge on any atom is 0.295 e. The molecule has 142 valence electrons. The Hall–Kier alpha value is -2.54. The molecule has 0 aliphatic rings. The van der Waals surface area contributed by atoms with E-state index in [1.54, 1.807) is 16.8 Å². The Balaban J connectivity index is 1.70. The number of nitrogens with zero attached hydrogens (tertiary/aromatic N) is 3. The first-order chi connectivity index (χ1) is 13.5. The Labute approximate surface area is 175 Å². The molecule has 0 aliphatic heterocycles. The summed E-state index contributed by atoms with van der Waals surface area (Å²) in [5.74, 6) is 0. The van der Waals surface area contributed by atoms with Gasteiger partial charge in [-0.3, -0.25) is 9.48 Å². The summed E-state index contributed by atoms with van der Waals surface area (Å²) < 4.78 is 3.45. The molecule has 5 nitrogen and oxygen atoms in total. The third-order valence-corrected chi connectivity index (χ3v) is 5.80. The SMILES string of the molecule is Cc1c(Nc2nc(-c3ccc(Cl)cc3Cl)cs2)c(=O)n(-c2ccccc2)n1C. The van der Waals surface area contributed by atoms with Crippen LogP contribution < -0.4 is 10.9 Å². The summed E-state index contributed by atoms with van der Waals surface area (Å²) in [6, 6.07) is 14.8. The normalized spacial score (nSPS) is 11.0. The van der Waals surface area contributed by atoms with Crippen molar-refractivity contribution in [1.29, 1.82) is 0 Å². The zero-order valence-corrected chi connectivity index (χ0v) is 17.4. The van der Waals surface area contributed by atoms with Gasteiger partial charge in [-0.25, -0.2) is 9.67 Å². The van der Waals surface area contributed by atoms with Crippen molar-refractivity contribution in [3.63, 3.8) is 0 Å². The zero-order chi connectivity index (χ0) is 19.8. The number of halogens is 2. The highest BCUT2D eigenvalue weighted by atomic mass is 35.5. The Morgan fingerprint density at radius 2 is 1.86 bits per heavy atom. The summed E-state index contributed by atoms with van der Waals surface area (Å²) in [7, 11) is 1.86. The van der Waals surface area contributed by atoms with E-state index in [4.69, 9.17) is 23.2 Å². The van der Waals surface area contributed by atoms with Crippen LogP contribution in [0.1, 0.15) is 5.69 Å². The third-order valence-electron chi connectivity index (χ3n) is 4.50. The largest absolute Gasteiger partial charge is 0.325 e. The van der Waals surface area contributed by atoms with Crippen molar-refractivity contribution >= 4 is 45.4 Å². The van der Waals surface area contributed by atoms with Crippen molar-refractivity contribution in [2.45, 2.75) is 6.92 Å². The molecule has 8 heteroatoms. The van der Waals surface area contributed by atoms with Gasteiger partial charge in [0.25, 0.3) is 5.56 Å². The molecule has 0 bridgehead atoms. The van der Waals surface area contributed by atoms with Gasteiger partial charge in [-0.05, 0) is 37.3 Å². The molecule has 0 fully saturated rings. The fourth-order valence-electron chi connectivity index (χ4n) is 2.97. The van der Waals surface area contributed by atoms with Gasteiger partial charge < -0.3 is 5.32 Å². The maximum absolute atomic E-state index is 13.0. The van der Waals surface area contributed by atoms with E-state index in [0.29, 0.717) is 20.9 Å². The number of anilines is 2. The summed E-state index contributed by atoms with van der Waals surface area (Å²) in [5, 5.41) is 6.80. The van der Waals surface area contributed by atoms with Crippen molar-refractivity contribution in [3.05, 3.63) is 80.0 Å². The number of thiazole rings is 1. The second-order valence-corrected chi connectivity index (χ2v) is 7.93. The van der Waals surface area contributed by atoms with E-state index in [-0.39, 0.29) is 5.56 Å². The smallest absolute Gasteiger partial charge is 0.295 e. The molecule has 0 atom stereocenters. The first-order valence-electron chi connectivity index (χ1n) is 8.47. The summed E-state index contributed by atoms with van der Waals surface area (Å²) >= 11 is 13.7. The topological polar surface area (TPSA) is 51.9 Å². The van der Waals surface area contributed by atoms with Crippen LogP contribution in [0.2, 0.25) is 10.0 Å². The van der Waals surface area contributed by atoms with Gasteiger partial charge in [-0.1, -0.05) is 41.4 Å². The van der Waals surface area contributed by atoms with E-state index in [9.17, 15) is 4.79 Å². The molecule has 4 aromatic rings. The number of hydrogen-bond donors (Lipinski definition) is 1. The number of hydrogen-bond acceptors (Lipinski definition) is 4. The van der Waals surface area contributed by atoms with Crippen LogP contribution in [0.4, 0.5) is 10.8 Å². The minimum absolute atomic E-state index is 0.132. The second kappa shape index (κ2) is 7.47. The van der Waals surface area contributed by atoms with Crippen LogP contribution in [-0.2, 0) is 7.05 Å². The van der Waals surface area contributed by atoms with Gasteiger partial charge >= 0.3 is 0 Å². The molecule has 0 saturated carbocycles. The molecule has 0 spiro atoms. The summed E-state index contributed by atoms with van der Waals surface area (Å²) in [4.78, 5) is 17.6. The minimum atomic E-state index is -0.132. The van der Waals surface area contributed by atoms with Crippen LogP contribution in [0, 0.1) is 6.92 Å². The van der Waals surface area contributed by atoms with Crippen LogP contribution >= 0.6 is 34.5 Å². The number of nitrogens with one attached hydrogen (secondary N) is 1. The third kappa shape index (κ3) is 3.35. The van der Waals surface area contributed by atoms with Crippen molar-refractivity contribution in [3.8, 4) is 16.9 Å². The highest BCUT2D eigenvalue weighted by molar-refractivity contribution is 7.14. The van der Waals surface area contributed by atoms with Gasteiger partial charge in [0.15, 0.2) is 5.13 Å². The highest BCUT2D eigenvalue weighted by Crippen LogP contribution is 2.33. The van der Waals surface area contributed by atoms with Crippen LogP contribution in [0.3, 0.4) is 0 Å². The fourth-order valence-corrected chi connectivity index (χ4v) is 4.19. The molecular weight excluding hydrogens is 415 g/mol. The molecule has 0 aliphatic carbocycles. The van der Waals surface area contributed by atoms with E-state index in [1.807, 2.05) is 60.4 Å². The molecule has 2 aromatic heterocycles. The van der Waals surface area contributed by atoms with E-state index in [2.05, 4.69) is 10.3 Å². The average Bonchev–Trinajstić information content (AvgIpc) is 3.22. The lowest BCUT2D eigenvalue weighted by Crippen LogP contribution is -2.20. The Morgan fingerprint density at radius 1 is 1.11 bits per heavy atom. The number of rotatable bonds is 4. The van der Waals surface area contributed by atoms with Gasteiger partial charge in [0.2, 0.25) is 0 Å². The maximum atomic E-state index is 13.0. The van der Waals surface area contributed by atoms with Gasteiger partial charge in [-0.15, -0.1) is 11.3 Å². The summed E-state index contributed by atoms with van der Waals surface area (Å²) in [5.41, 5.74) is 3.50. The van der Waals surface area contributed by atoms with Crippen molar-refractivity contribution in [2.24, 2.45) is 7.05 Å². The Bertz CT molecular complexity index is 1210. The first kappa shape index (κ1) is 18.8. The Morgan fingerprint density at radius 3 is 2.57 bits per heavy atom. The highest BCUT2D eigenvalue weighted by Gasteiger charge is 2.17.